The Balaban J connectivity index is 1.42. The lowest BCUT2D eigenvalue weighted by atomic mass is 10.3. The Morgan fingerprint density at radius 3 is 2.74 bits per heavy atom. The van der Waals surface area contributed by atoms with E-state index in [4.69, 9.17) is 16.3 Å². The quantitative estimate of drug-likeness (QED) is 0.483. The van der Waals surface area contributed by atoms with Gasteiger partial charge >= 0.3 is 0 Å². The van der Waals surface area contributed by atoms with Crippen molar-refractivity contribution in [2.24, 2.45) is 4.99 Å². The number of guanidine groups is 1. The Hall–Kier alpha value is -2.73. The summed E-state index contributed by atoms with van der Waals surface area (Å²) in [5, 5.41) is 4.06. The Morgan fingerprint density at radius 2 is 2.00 bits per heavy atom. The summed E-state index contributed by atoms with van der Waals surface area (Å²) in [6.45, 7) is 2.02. The fraction of sp³-hybridized carbons (Fsp3) is 0.300. The summed E-state index contributed by atoms with van der Waals surface area (Å²) in [4.78, 5) is 14.3. The second-order valence-electron chi connectivity index (χ2n) is 6.15. The number of aromatic amines is 1. The van der Waals surface area contributed by atoms with Crippen LogP contribution in [0.1, 0.15) is 5.82 Å². The highest BCUT2D eigenvalue weighted by molar-refractivity contribution is 6.30. The van der Waals surface area contributed by atoms with Crippen molar-refractivity contribution < 1.29 is 4.74 Å². The molecule has 1 aromatic heterocycles. The third-order valence-electron chi connectivity index (χ3n) is 4.17. The molecule has 0 aliphatic rings. The van der Waals surface area contributed by atoms with E-state index in [-0.39, 0.29) is 0 Å². The number of benzene rings is 2. The number of ether oxygens (including phenoxy) is 1. The molecular weight excluding hydrogens is 362 g/mol. The lowest BCUT2D eigenvalue weighted by Gasteiger charge is -2.22. The Labute approximate surface area is 164 Å². The molecule has 6 nitrogen and oxygen atoms in total. The standard InChI is InChI=1S/C20H24ClN5O/c1-22-20(26(2)13-14-27-16-9-7-15(21)8-10-16)23-12-11-19-24-17-5-3-4-6-18(17)25-19/h3-10H,11-14H2,1-2H3,(H,22,23)(H,24,25). The van der Waals surface area contributed by atoms with Gasteiger partial charge < -0.3 is 19.9 Å². The van der Waals surface area contributed by atoms with Crippen LogP contribution in [0.4, 0.5) is 0 Å². The maximum absolute atomic E-state index is 5.88. The van der Waals surface area contributed by atoms with Crippen LogP contribution >= 0.6 is 11.6 Å². The monoisotopic (exact) mass is 385 g/mol. The van der Waals surface area contributed by atoms with Crippen molar-refractivity contribution in [3.8, 4) is 5.75 Å². The highest BCUT2D eigenvalue weighted by atomic mass is 35.5. The highest BCUT2D eigenvalue weighted by Crippen LogP contribution is 2.15. The lowest BCUT2D eigenvalue weighted by Crippen LogP contribution is -2.41. The summed E-state index contributed by atoms with van der Waals surface area (Å²) in [5.41, 5.74) is 2.06. The van der Waals surface area contributed by atoms with Gasteiger partial charge in [0.2, 0.25) is 0 Å². The van der Waals surface area contributed by atoms with Gasteiger partial charge in [0.25, 0.3) is 0 Å². The second kappa shape index (κ2) is 9.28. The van der Waals surface area contributed by atoms with Crippen molar-refractivity contribution in [1.29, 1.82) is 0 Å². The highest BCUT2D eigenvalue weighted by Gasteiger charge is 2.07. The summed E-state index contributed by atoms with van der Waals surface area (Å²) >= 11 is 5.88. The molecule has 0 aliphatic heterocycles. The molecule has 0 saturated carbocycles. The molecule has 0 aliphatic carbocycles. The maximum atomic E-state index is 5.88. The van der Waals surface area contributed by atoms with Crippen LogP contribution in [0, 0.1) is 0 Å². The maximum Gasteiger partial charge on any atom is 0.193 e. The number of halogens is 1. The van der Waals surface area contributed by atoms with Gasteiger partial charge in [-0.15, -0.1) is 0 Å². The minimum absolute atomic E-state index is 0.558. The zero-order valence-electron chi connectivity index (χ0n) is 15.6. The van der Waals surface area contributed by atoms with Gasteiger partial charge in [-0.1, -0.05) is 23.7 Å². The normalized spacial score (nSPS) is 11.6. The summed E-state index contributed by atoms with van der Waals surface area (Å²) in [7, 11) is 3.77. The largest absolute Gasteiger partial charge is 0.492 e. The van der Waals surface area contributed by atoms with E-state index >= 15 is 0 Å². The number of nitrogens with zero attached hydrogens (tertiary/aromatic N) is 3. The number of likely N-dealkylation sites (N-methyl/N-ethyl adjacent to an activating group) is 1. The molecule has 0 amide bonds. The number of rotatable bonds is 7. The number of hydrogen-bond donors (Lipinski definition) is 2. The van der Waals surface area contributed by atoms with E-state index in [1.54, 1.807) is 7.05 Å². The van der Waals surface area contributed by atoms with E-state index in [1.165, 1.54) is 0 Å². The van der Waals surface area contributed by atoms with Gasteiger partial charge in [-0.25, -0.2) is 4.98 Å². The van der Waals surface area contributed by atoms with Gasteiger partial charge in [0.1, 0.15) is 18.2 Å². The molecule has 0 atom stereocenters. The Morgan fingerprint density at radius 1 is 1.22 bits per heavy atom. The number of imidazole rings is 1. The molecule has 3 aromatic rings. The van der Waals surface area contributed by atoms with Crippen molar-refractivity contribution in [3.05, 3.63) is 59.4 Å². The molecule has 0 spiro atoms. The first kappa shape index (κ1) is 19.0. The molecule has 0 bridgehead atoms. The first-order valence-electron chi connectivity index (χ1n) is 8.89. The van der Waals surface area contributed by atoms with Crippen LogP contribution in [0.2, 0.25) is 5.02 Å². The van der Waals surface area contributed by atoms with Gasteiger partial charge in [0, 0.05) is 32.1 Å². The zero-order valence-corrected chi connectivity index (χ0v) is 16.3. The molecule has 0 fully saturated rings. The van der Waals surface area contributed by atoms with E-state index in [2.05, 4.69) is 20.3 Å². The molecule has 2 N–H and O–H groups in total. The molecule has 0 unspecified atom stereocenters. The SMILES string of the molecule is CN=C(NCCc1nc2ccccc2[nH]1)N(C)CCOc1ccc(Cl)cc1. The van der Waals surface area contributed by atoms with Gasteiger partial charge in [0.05, 0.1) is 17.6 Å². The van der Waals surface area contributed by atoms with E-state index < -0.39 is 0 Å². The number of para-hydroxylation sites is 2. The molecule has 2 aromatic carbocycles. The van der Waals surface area contributed by atoms with Crippen LogP contribution in [-0.4, -0.2) is 54.6 Å². The fourth-order valence-corrected chi connectivity index (χ4v) is 2.86. The Bertz CT molecular complexity index is 858. The van der Waals surface area contributed by atoms with Crippen molar-refractivity contribution in [2.75, 3.05) is 33.8 Å². The first-order valence-corrected chi connectivity index (χ1v) is 9.27. The number of aromatic nitrogens is 2. The zero-order chi connectivity index (χ0) is 19.1. The smallest absolute Gasteiger partial charge is 0.193 e. The number of aliphatic imine (C=N–C) groups is 1. The molecular formula is C20H24ClN5O. The molecule has 1 heterocycles. The molecule has 142 valence electrons. The summed E-state index contributed by atoms with van der Waals surface area (Å²) < 4.78 is 5.74. The minimum Gasteiger partial charge on any atom is -0.492 e. The van der Waals surface area contributed by atoms with E-state index in [0.29, 0.717) is 18.2 Å². The predicted molar refractivity (Wildman–Crippen MR) is 111 cm³/mol. The van der Waals surface area contributed by atoms with E-state index in [1.807, 2.05) is 60.5 Å². The lowest BCUT2D eigenvalue weighted by molar-refractivity contribution is 0.281. The molecule has 0 saturated heterocycles. The summed E-state index contributed by atoms with van der Waals surface area (Å²) in [6.07, 6.45) is 0.794. The van der Waals surface area contributed by atoms with Crippen LogP contribution in [0.15, 0.2) is 53.5 Å². The molecule has 7 heteroatoms. The third kappa shape index (κ3) is 5.37. The van der Waals surface area contributed by atoms with Crippen molar-refractivity contribution in [1.82, 2.24) is 20.2 Å². The fourth-order valence-electron chi connectivity index (χ4n) is 2.74. The number of H-pyrrole nitrogens is 1. The summed E-state index contributed by atoms with van der Waals surface area (Å²) in [5.74, 6) is 2.60. The van der Waals surface area contributed by atoms with Crippen LogP contribution in [0.3, 0.4) is 0 Å². The number of nitrogens with one attached hydrogen (secondary N) is 2. The topological polar surface area (TPSA) is 65.5 Å². The van der Waals surface area contributed by atoms with Crippen LogP contribution in [-0.2, 0) is 6.42 Å². The van der Waals surface area contributed by atoms with Crippen LogP contribution in [0.5, 0.6) is 5.75 Å². The van der Waals surface area contributed by atoms with Crippen molar-refractivity contribution >= 4 is 28.6 Å². The summed E-state index contributed by atoms with van der Waals surface area (Å²) in [6, 6.07) is 15.4. The predicted octanol–water partition coefficient (Wildman–Crippen LogP) is 3.35. The van der Waals surface area contributed by atoms with Crippen molar-refractivity contribution in [3.63, 3.8) is 0 Å². The number of hydrogen-bond acceptors (Lipinski definition) is 3. The van der Waals surface area contributed by atoms with Crippen LogP contribution < -0.4 is 10.1 Å². The van der Waals surface area contributed by atoms with Gasteiger partial charge in [0.15, 0.2) is 5.96 Å². The third-order valence-corrected chi connectivity index (χ3v) is 4.42. The Kier molecular flexibility index (Phi) is 6.54. The van der Waals surface area contributed by atoms with E-state index in [9.17, 15) is 0 Å². The minimum atomic E-state index is 0.558. The number of fused-ring (bicyclic) bond motifs is 1. The average molecular weight is 386 g/mol. The van der Waals surface area contributed by atoms with E-state index in [0.717, 1.165) is 41.5 Å². The average Bonchev–Trinajstić information content (AvgIpc) is 3.09. The van der Waals surface area contributed by atoms with Gasteiger partial charge in [-0.3, -0.25) is 4.99 Å². The molecule has 27 heavy (non-hydrogen) atoms. The van der Waals surface area contributed by atoms with Crippen molar-refractivity contribution in [2.45, 2.75) is 6.42 Å². The van der Waals surface area contributed by atoms with Crippen LogP contribution in [0.25, 0.3) is 11.0 Å². The van der Waals surface area contributed by atoms with Gasteiger partial charge in [-0.05, 0) is 36.4 Å². The second-order valence-corrected chi connectivity index (χ2v) is 6.59. The first-order chi connectivity index (χ1) is 13.2. The van der Waals surface area contributed by atoms with Gasteiger partial charge in [-0.2, -0.15) is 0 Å². The molecule has 0 radical (unpaired) electrons. The molecule has 3 rings (SSSR count).